The first kappa shape index (κ1) is 25.7. The van der Waals surface area contributed by atoms with Crippen LogP contribution in [-0.4, -0.2) is 24.5 Å². The van der Waals surface area contributed by atoms with Crippen LogP contribution >= 0.6 is 11.6 Å². The molecule has 8 nitrogen and oxygen atoms in total. The van der Waals surface area contributed by atoms with Gasteiger partial charge in [0.25, 0.3) is 5.56 Å². The summed E-state index contributed by atoms with van der Waals surface area (Å²) in [6.07, 6.45) is 2.25. The summed E-state index contributed by atoms with van der Waals surface area (Å²) < 4.78 is 42.6. The lowest BCUT2D eigenvalue weighted by molar-refractivity contribution is 0.579. The summed E-state index contributed by atoms with van der Waals surface area (Å²) >= 11 is 6.29. The summed E-state index contributed by atoms with van der Waals surface area (Å²) in [6.45, 7) is 1.67. The molecule has 0 radical (unpaired) electrons. The van der Waals surface area contributed by atoms with Crippen LogP contribution in [0.1, 0.15) is 30.0 Å². The fourth-order valence-electron chi connectivity index (χ4n) is 3.89. The first-order valence-electron chi connectivity index (χ1n) is 11.4. The Morgan fingerprint density at radius 3 is 2.49 bits per heavy atom. The first-order valence-corrected chi connectivity index (χ1v) is 11.8. The highest BCUT2D eigenvalue weighted by Gasteiger charge is 2.22. The Morgan fingerprint density at radius 2 is 1.77 bits per heavy atom. The molecular weight excluding hydrogens is 531 g/mol. The molecule has 3 heterocycles. The number of rotatable bonds is 4. The second-order valence-corrected chi connectivity index (χ2v) is 8.74. The van der Waals surface area contributed by atoms with E-state index in [2.05, 4.69) is 37.1 Å². The minimum absolute atomic E-state index is 0.0529. The molecule has 0 aliphatic rings. The average Bonchev–Trinajstić information content (AvgIpc) is 2.88. The molecule has 0 aliphatic heterocycles. The van der Waals surface area contributed by atoms with Gasteiger partial charge in [0.05, 0.1) is 33.9 Å². The van der Waals surface area contributed by atoms with Crippen molar-refractivity contribution in [3.05, 3.63) is 111 Å². The van der Waals surface area contributed by atoms with Crippen molar-refractivity contribution in [2.45, 2.75) is 13.0 Å². The van der Waals surface area contributed by atoms with Gasteiger partial charge in [-0.2, -0.15) is 0 Å². The summed E-state index contributed by atoms with van der Waals surface area (Å²) in [5.41, 5.74) is 6.13. The number of halogens is 4. The van der Waals surface area contributed by atoms with Crippen molar-refractivity contribution in [2.75, 3.05) is 11.1 Å². The molecule has 5 rings (SSSR count). The number of nitrogens with zero attached hydrogens (tertiary/aromatic N) is 5. The molecule has 12 heteroatoms. The van der Waals surface area contributed by atoms with Crippen LogP contribution in [0.5, 0.6) is 0 Å². The SMILES string of the molecule is C[C@@H](Nc1ncnc(N)c1C#Cc1ccc(F)cn1)c1nc2cccc(Cl)c2c(=O)n1-c1cc(F)cc(F)c1. The standard InChI is InChI=1S/C27H17ClF3N7O/c1-14(36-25-20(24(32)34-13-35-25)8-7-18-6-5-15(29)12-33-18)26-37-22-4-2-3-21(28)23(22)27(39)38(26)19-10-16(30)9-17(31)11-19/h2-6,9-14H,1H3,(H3,32,34,35,36)/t14-/m1/s1. The van der Waals surface area contributed by atoms with Crippen molar-refractivity contribution in [1.29, 1.82) is 0 Å². The number of benzene rings is 2. The third-order valence-electron chi connectivity index (χ3n) is 5.64. The Bertz CT molecular complexity index is 1830. The van der Waals surface area contributed by atoms with Crippen molar-refractivity contribution in [2.24, 2.45) is 0 Å². The van der Waals surface area contributed by atoms with E-state index < -0.39 is 29.1 Å². The minimum atomic E-state index is -0.877. The second-order valence-electron chi connectivity index (χ2n) is 8.33. The largest absolute Gasteiger partial charge is 0.382 e. The molecule has 0 amide bonds. The van der Waals surface area contributed by atoms with Crippen LogP contribution in [0.4, 0.5) is 24.8 Å². The molecule has 5 aromatic rings. The van der Waals surface area contributed by atoms with Gasteiger partial charge in [0.2, 0.25) is 0 Å². The third-order valence-corrected chi connectivity index (χ3v) is 5.95. The lowest BCUT2D eigenvalue weighted by atomic mass is 10.2. The van der Waals surface area contributed by atoms with Gasteiger partial charge < -0.3 is 11.1 Å². The maximum atomic E-state index is 14.2. The van der Waals surface area contributed by atoms with E-state index in [-0.39, 0.29) is 50.3 Å². The van der Waals surface area contributed by atoms with Crippen LogP contribution < -0.4 is 16.6 Å². The number of nitrogen functional groups attached to an aromatic ring is 1. The van der Waals surface area contributed by atoms with Crippen LogP contribution in [0.3, 0.4) is 0 Å². The van der Waals surface area contributed by atoms with Gasteiger partial charge in [-0.25, -0.2) is 33.1 Å². The van der Waals surface area contributed by atoms with Gasteiger partial charge in [0.1, 0.15) is 52.5 Å². The van der Waals surface area contributed by atoms with E-state index in [9.17, 15) is 18.0 Å². The van der Waals surface area contributed by atoms with Gasteiger partial charge >= 0.3 is 0 Å². The molecule has 39 heavy (non-hydrogen) atoms. The van der Waals surface area contributed by atoms with Gasteiger partial charge in [-0.05, 0) is 49.2 Å². The fourth-order valence-corrected chi connectivity index (χ4v) is 4.14. The molecule has 1 atom stereocenters. The smallest absolute Gasteiger partial charge is 0.267 e. The predicted molar refractivity (Wildman–Crippen MR) is 141 cm³/mol. The van der Waals surface area contributed by atoms with Crippen molar-refractivity contribution >= 4 is 34.1 Å². The van der Waals surface area contributed by atoms with E-state index in [0.717, 1.165) is 22.9 Å². The van der Waals surface area contributed by atoms with Crippen LogP contribution in [0, 0.1) is 29.3 Å². The van der Waals surface area contributed by atoms with E-state index in [0.29, 0.717) is 6.07 Å². The lowest BCUT2D eigenvalue weighted by Crippen LogP contribution is -2.28. The summed E-state index contributed by atoms with van der Waals surface area (Å²) in [4.78, 5) is 30.3. The molecule has 0 saturated carbocycles. The van der Waals surface area contributed by atoms with E-state index in [1.807, 2.05) is 0 Å². The van der Waals surface area contributed by atoms with Crippen LogP contribution in [0.2, 0.25) is 5.02 Å². The number of anilines is 2. The summed E-state index contributed by atoms with van der Waals surface area (Å²) in [5, 5.41) is 3.33. The zero-order chi connectivity index (χ0) is 27.7. The maximum Gasteiger partial charge on any atom is 0.267 e. The third kappa shape index (κ3) is 5.23. The Morgan fingerprint density at radius 1 is 1.00 bits per heavy atom. The fraction of sp³-hybridized carbons (Fsp3) is 0.0741. The number of hydrogen-bond donors (Lipinski definition) is 2. The monoisotopic (exact) mass is 547 g/mol. The number of aromatic nitrogens is 5. The number of hydrogen-bond acceptors (Lipinski definition) is 7. The highest BCUT2D eigenvalue weighted by molar-refractivity contribution is 6.35. The number of nitrogens with one attached hydrogen (secondary N) is 1. The quantitative estimate of drug-likeness (QED) is 0.311. The highest BCUT2D eigenvalue weighted by atomic mass is 35.5. The Labute approximate surface area is 224 Å². The molecule has 0 fully saturated rings. The van der Waals surface area contributed by atoms with Crippen molar-refractivity contribution in [3.8, 4) is 17.5 Å². The lowest BCUT2D eigenvalue weighted by Gasteiger charge is -2.21. The molecule has 0 saturated heterocycles. The van der Waals surface area contributed by atoms with E-state index >= 15 is 0 Å². The van der Waals surface area contributed by atoms with Crippen molar-refractivity contribution in [3.63, 3.8) is 0 Å². The molecule has 0 unspecified atom stereocenters. The van der Waals surface area contributed by atoms with E-state index in [1.54, 1.807) is 19.1 Å². The Kier molecular flexibility index (Phi) is 6.87. The molecule has 2 aromatic carbocycles. The van der Waals surface area contributed by atoms with Crippen LogP contribution in [-0.2, 0) is 0 Å². The van der Waals surface area contributed by atoms with Crippen molar-refractivity contribution < 1.29 is 13.2 Å². The highest BCUT2D eigenvalue weighted by Crippen LogP contribution is 2.26. The number of nitrogens with two attached hydrogens (primary N) is 1. The Hall–Kier alpha value is -4.95. The molecule has 3 N–H and O–H groups in total. The van der Waals surface area contributed by atoms with Crippen LogP contribution in [0.15, 0.2) is 65.8 Å². The molecule has 194 valence electrons. The van der Waals surface area contributed by atoms with Gasteiger partial charge in [0, 0.05) is 6.07 Å². The Balaban J connectivity index is 1.64. The van der Waals surface area contributed by atoms with Gasteiger partial charge in [-0.15, -0.1) is 0 Å². The van der Waals surface area contributed by atoms with Crippen LogP contribution in [0.25, 0.3) is 16.6 Å². The topological polar surface area (TPSA) is 112 Å². The predicted octanol–water partition coefficient (Wildman–Crippen LogP) is 4.80. The molecule has 3 aromatic heterocycles. The van der Waals surface area contributed by atoms with Gasteiger partial charge in [-0.3, -0.25) is 9.36 Å². The normalized spacial score (nSPS) is 11.6. The van der Waals surface area contributed by atoms with Gasteiger partial charge in [-0.1, -0.05) is 23.6 Å². The second kappa shape index (κ2) is 10.4. The molecular formula is C27H17ClF3N7O. The van der Waals surface area contributed by atoms with E-state index in [1.165, 1.54) is 24.5 Å². The van der Waals surface area contributed by atoms with Crippen molar-refractivity contribution in [1.82, 2.24) is 24.5 Å². The minimum Gasteiger partial charge on any atom is -0.382 e. The first-order chi connectivity index (χ1) is 18.7. The molecule has 0 aliphatic carbocycles. The summed E-state index contributed by atoms with van der Waals surface area (Å²) in [7, 11) is 0. The summed E-state index contributed by atoms with van der Waals surface area (Å²) in [5.74, 6) is 3.70. The zero-order valence-electron chi connectivity index (χ0n) is 20.1. The number of pyridine rings is 1. The average molecular weight is 548 g/mol. The maximum absolute atomic E-state index is 14.2. The number of fused-ring (bicyclic) bond motifs is 1. The molecule has 0 bridgehead atoms. The van der Waals surface area contributed by atoms with E-state index in [4.69, 9.17) is 17.3 Å². The zero-order valence-corrected chi connectivity index (χ0v) is 20.8. The molecule has 0 spiro atoms. The summed E-state index contributed by atoms with van der Waals surface area (Å²) in [6, 6.07) is 9.33. The van der Waals surface area contributed by atoms with Gasteiger partial charge in [0.15, 0.2) is 0 Å².